The summed E-state index contributed by atoms with van der Waals surface area (Å²) < 4.78 is 6.82. The standard InChI is InChI=1S/C14H13Br2N3O2S/c1-2-21-13(20)6-12-8-22-14(18-12)19-17-7-9-3-10(15)5-11(16)4-9/h3-5,7-8H,2,6H2,1H3,(H,18,19). The van der Waals surface area contributed by atoms with E-state index >= 15 is 0 Å². The van der Waals surface area contributed by atoms with Crippen LogP contribution in [-0.4, -0.2) is 23.8 Å². The average Bonchev–Trinajstić information content (AvgIpc) is 2.85. The summed E-state index contributed by atoms with van der Waals surface area (Å²) in [5.74, 6) is -0.276. The first-order valence-electron chi connectivity index (χ1n) is 6.42. The number of rotatable bonds is 6. The number of thiazole rings is 1. The highest BCUT2D eigenvalue weighted by molar-refractivity contribution is 9.11. The van der Waals surface area contributed by atoms with E-state index in [2.05, 4.69) is 47.4 Å². The summed E-state index contributed by atoms with van der Waals surface area (Å²) >= 11 is 8.23. The van der Waals surface area contributed by atoms with E-state index in [1.165, 1.54) is 11.3 Å². The number of esters is 1. The summed E-state index contributed by atoms with van der Waals surface area (Å²) in [7, 11) is 0. The van der Waals surface area contributed by atoms with Crippen molar-refractivity contribution < 1.29 is 9.53 Å². The second-order valence-corrected chi connectivity index (χ2v) is 6.89. The Labute approximate surface area is 149 Å². The Bertz CT molecular complexity index is 668. The quantitative estimate of drug-likeness (QED) is 0.410. The van der Waals surface area contributed by atoms with Gasteiger partial charge in [0.05, 0.1) is 24.9 Å². The van der Waals surface area contributed by atoms with Crippen molar-refractivity contribution in [3.8, 4) is 0 Å². The molecule has 8 heteroatoms. The molecule has 1 heterocycles. The number of halogens is 2. The maximum absolute atomic E-state index is 11.4. The maximum Gasteiger partial charge on any atom is 0.311 e. The van der Waals surface area contributed by atoms with Crippen molar-refractivity contribution in [2.24, 2.45) is 5.10 Å². The third-order valence-electron chi connectivity index (χ3n) is 2.44. The molecule has 1 N–H and O–H groups in total. The van der Waals surface area contributed by atoms with Crippen molar-refractivity contribution in [1.29, 1.82) is 0 Å². The van der Waals surface area contributed by atoms with E-state index in [-0.39, 0.29) is 12.4 Å². The number of nitrogens with one attached hydrogen (secondary N) is 1. The van der Waals surface area contributed by atoms with E-state index in [0.717, 1.165) is 14.5 Å². The molecule has 0 aliphatic rings. The summed E-state index contributed by atoms with van der Waals surface area (Å²) in [5, 5.41) is 6.58. The largest absolute Gasteiger partial charge is 0.466 e. The first kappa shape index (κ1) is 17.1. The lowest BCUT2D eigenvalue weighted by atomic mass is 10.2. The van der Waals surface area contributed by atoms with Gasteiger partial charge in [-0.05, 0) is 30.7 Å². The topological polar surface area (TPSA) is 63.6 Å². The molecule has 1 aromatic heterocycles. The molecule has 0 saturated carbocycles. The van der Waals surface area contributed by atoms with Gasteiger partial charge < -0.3 is 4.74 Å². The van der Waals surface area contributed by atoms with Crippen LogP contribution in [0.1, 0.15) is 18.2 Å². The summed E-state index contributed by atoms with van der Waals surface area (Å²) in [6.45, 7) is 2.15. The van der Waals surface area contributed by atoms with Crippen LogP contribution in [0.3, 0.4) is 0 Å². The Morgan fingerprint density at radius 3 is 2.82 bits per heavy atom. The van der Waals surface area contributed by atoms with Gasteiger partial charge in [0.1, 0.15) is 0 Å². The third kappa shape index (κ3) is 5.51. The number of nitrogens with zero attached hydrogens (tertiary/aromatic N) is 2. The van der Waals surface area contributed by atoms with E-state index in [1.807, 2.05) is 23.6 Å². The third-order valence-corrected chi connectivity index (χ3v) is 4.15. The number of anilines is 1. The highest BCUT2D eigenvalue weighted by Gasteiger charge is 2.07. The van der Waals surface area contributed by atoms with E-state index < -0.39 is 0 Å². The molecule has 0 atom stereocenters. The number of carbonyl (C=O) groups is 1. The number of hydrazone groups is 1. The molecule has 0 amide bonds. The molecule has 0 fully saturated rings. The van der Waals surface area contributed by atoms with Crippen molar-refractivity contribution in [2.75, 3.05) is 12.0 Å². The van der Waals surface area contributed by atoms with Gasteiger partial charge in [0.15, 0.2) is 0 Å². The van der Waals surface area contributed by atoms with Gasteiger partial charge in [0, 0.05) is 14.3 Å². The summed E-state index contributed by atoms with van der Waals surface area (Å²) in [5.41, 5.74) is 4.47. The first-order chi connectivity index (χ1) is 10.6. The predicted molar refractivity (Wildman–Crippen MR) is 95.5 cm³/mol. The molecule has 2 rings (SSSR count). The van der Waals surface area contributed by atoms with Crippen molar-refractivity contribution in [2.45, 2.75) is 13.3 Å². The van der Waals surface area contributed by atoms with Gasteiger partial charge in [-0.2, -0.15) is 5.10 Å². The normalized spacial score (nSPS) is 10.9. The van der Waals surface area contributed by atoms with E-state index in [1.54, 1.807) is 13.1 Å². The maximum atomic E-state index is 11.4. The van der Waals surface area contributed by atoms with Crippen LogP contribution in [0.2, 0.25) is 0 Å². The smallest absolute Gasteiger partial charge is 0.311 e. The molecule has 0 unspecified atom stereocenters. The molecule has 0 aliphatic carbocycles. The molecule has 0 bridgehead atoms. The van der Waals surface area contributed by atoms with Crippen molar-refractivity contribution in [1.82, 2.24) is 4.98 Å². The Kier molecular flexibility index (Phi) is 6.53. The van der Waals surface area contributed by atoms with Gasteiger partial charge in [-0.1, -0.05) is 31.9 Å². The molecule has 5 nitrogen and oxygen atoms in total. The molecule has 22 heavy (non-hydrogen) atoms. The van der Waals surface area contributed by atoms with Crippen LogP contribution in [0, 0.1) is 0 Å². The molecule has 0 radical (unpaired) electrons. The van der Waals surface area contributed by atoms with Crippen LogP contribution in [0.5, 0.6) is 0 Å². The van der Waals surface area contributed by atoms with E-state index in [9.17, 15) is 4.79 Å². The van der Waals surface area contributed by atoms with Gasteiger partial charge in [-0.3, -0.25) is 10.2 Å². The fourth-order valence-electron chi connectivity index (χ4n) is 1.61. The lowest BCUT2D eigenvalue weighted by Gasteiger charge is -1.98. The number of hydrogen-bond donors (Lipinski definition) is 1. The molecule has 1 aromatic carbocycles. The SMILES string of the molecule is CCOC(=O)Cc1csc(NN=Cc2cc(Br)cc(Br)c2)n1. The first-order valence-corrected chi connectivity index (χ1v) is 8.88. The fourth-order valence-corrected chi connectivity index (χ4v) is 3.60. The number of ether oxygens (including phenoxy) is 1. The van der Waals surface area contributed by atoms with E-state index in [4.69, 9.17) is 4.74 Å². The molecule has 2 aromatic rings. The van der Waals surface area contributed by atoms with Crippen LogP contribution in [0.15, 0.2) is 37.6 Å². The van der Waals surface area contributed by atoms with Crippen LogP contribution < -0.4 is 5.43 Å². The van der Waals surface area contributed by atoms with E-state index in [0.29, 0.717) is 17.4 Å². The summed E-state index contributed by atoms with van der Waals surface area (Å²) in [4.78, 5) is 15.6. The highest BCUT2D eigenvalue weighted by atomic mass is 79.9. The van der Waals surface area contributed by atoms with Gasteiger partial charge >= 0.3 is 5.97 Å². The second kappa shape index (κ2) is 8.40. The Hall–Kier alpha value is -1.25. The van der Waals surface area contributed by atoms with Crippen LogP contribution in [0.4, 0.5) is 5.13 Å². The summed E-state index contributed by atoms with van der Waals surface area (Å²) in [6.07, 6.45) is 1.87. The van der Waals surface area contributed by atoms with Crippen molar-refractivity contribution in [3.05, 3.63) is 43.8 Å². The minimum absolute atomic E-state index is 0.175. The van der Waals surface area contributed by atoms with Crippen LogP contribution >= 0.6 is 43.2 Å². The Balaban J connectivity index is 1.93. The molecule has 0 spiro atoms. The van der Waals surface area contributed by atoms with Crippen molar-refractivity contribution >= 4 is 60.5 Å². The lowest BCUT2D eigenvalue weighted by Crippen LogP contribution is -2.07. The average molecular weight is 447 g/mol. The second-order valence-electron chi connectivity index (χ2n) is 4.20. The van der Waals surface area contributed by atoms with Gasteiger partial charge in [0.25, 0.3) is 0 Å². The van der Waals surface area contributed by atoms with Gasteiger partial charge in [-0.15, -0.1) is 11.3 Å². The van der Waals surface area contributed by atoms with Crippen LogP contribution in [-0.2, 0) is 16.0 Å². The summed E-state index contributed by atoms with van der Waals surface area (Å²) in [6, 6.07) is 5.85. The number of carbonyl (C=O) groups excluding carboxylic acids is 1. The van der Waals surface area contributed by atoms with Crippen molar-refractivity contribution in [3.63, 3.8) is 0 Å². The monoisotopic (exact) mass is 445 g/mol. The zero-order valence-electron chi connectivity index (χ0n) is 11.7. The number of hydrogen-bond acceptors (Lipinski definition) is 6. The lowest BCUT2D eigenvalue weighted by molar-refractivity contribution is -0.142. The Morgan fingerprint density at radius 1 is 1.41 bits per heavy atom. The predicted octanol–water partition coefficient (Wildman–Crippen LogP) is 4.22. The van der Waals surface area contributed by atoms with Gasteiger partial charge in [-0.25, -0.2) is 4.98 Å². The van der Waals surface area contributed by atoms with Gasteiger partial charge in [0.2, 0.25) is 5.13 Å². The number of benzene rings is 1. The zero-order chi connectivity index (χ0) is 15.9. The fraction of sp³-hybridized carbons (Fsp3) is 0.214. The highest BCUT2D eigenvalue weighted by Crippen LogP contribution is 2.19. The zero-order valence-corrected chi connectivity index (χ0v) is 15.7. The minimum Gasteiger partial charge on any atom is -0.466 e. The Morgan fingerprint density at radius 2 is 2.14 bits per heavy atom. The molecular formula is C14H13Br2N3O2S. The molecule has 0 aliphatic heterocycles. The molecule has 0 saturated heterocycles. The molecule has 116 valence electrons. The minimum atomic E-state index is -0.276. The molecular weight excluding hydrogens is 434 g/mol. The number of aromatic nitrogens is 1. The van der Waals surface area contributed by atoms with Crippen LogP contribution in [0.25, 0.3) is 0 Å².